The number of hydrogen-bond acceptors (Lipinski definition) is 6. The van der Waals surface area contributed by atoms with E-state index in [4.69, 9.17) is 4.74 Å². The molecule has 0 spiro atoms. The van der Waals surface area contributed by atoms with Gasteiger partial charge < -0.3 is 14.9 Å². The summed E-state index contributed by atoms with van der Waals surface area (Å²) in [5.74, 6) is -0.381. The van der Waals surface area contributed by atoms with Crippen LogP contribution in [0, 0.1) is 22.7 Å². The van der Waals surface area contributed by atoms with Crippen LogP contribution in [0.25, 0.3) is 0 Å². The number of ether oxygens (including phenoxy) is 1. The van der Waals surface area contributed by atoms with Gasteiger partial charge in [-0.25, -0.2) is 0 Å². The molecule has 1 saturated heterocycles. The summed E-state index contributed by atoms with van der Waals surface area (Å²) in [5.41, 5.74) is -1.47. The first-order valence-electron chi connectivity index (χ1n) is 9.73. The summed E-state index contributed by atoms with van der Waals surface area (Å²) in [4.78, 5) is 12.1. The zero-order valence-corrected chi connectivity index (χ0v) is 17.2. The summed E-state index contributed by atoms with van der Waals surface area (Å²) in [6, 6.07) is 0. The predicted molar refractivity (Wildman–Crippen MR) is 103 cm³/mol. The van der Waals surface area contributed by atoms with Crippen molar-refractivity contribution >= 4 is 15.9 Å². The molecule has 1 heterocycles. The van der Waals surface area contributed by atoms with Gasteiger partial charge in [-0.2, -0.15) is 8.42 Å². The lowest BCUT2D eigenvalue weighted by molar-refractivity contribution is -0.151. The second kappa shape index (κ2) is 7.32. The molecule has 3 N–H and O–H groups in total. The fourth-order valence-corrected chi connectivity index (χ4v) is 6.58. The Labute approximate surface area is 166 Å². The zero-order chi connectivity index (χ0) is 20.9. The molecular formula is C20H30O7S. The summed E-state index contributed by atoms with van der Waals surface area (Å²) in [5, 5.41) is 20.6. The fraction of sp³-hybridized carbons (Fsp3) is 0.750. The molecule has 0 amide bonds. The van der Waals surface area contributed by atoms with Crippen LogP contribution in [0.2, 0.25) is 0 Å². The summed E-state index contributed by atoms with van der Waals surface area (Å²) < 4.78 is 37.3. The molecule has 0 radical (unpaired) electrons. The molecule has 8 heteroatoms. The highest BCUT2D eigenvalue weighted by Crippen LogP contribution is 2.61. The van der Waals surface area contributed by atoms with Gasteiger partial charge in [-0.3, -0.25) is 9.35 Å². The van der Waals surface area contributed by atoms with Gasteiger partial charge in [0.05, 0.1) is 12.7 Å². The maximum absolute atomic E-state index is 12.1. The standard InChI is InChI=1S/C20H30O7S/c1-12-4-7-16-19(2,9-8-17(23)20(16,3)11-21)14(12)6-5-13-15(22)10-27-18(13)28(24,25)26/h5,14,16-18,21,23H,1,4,6-11H2,2-3H3,(H,24,25,26)/b13-5+/t14?,16?,17-,18?,19+,20+/m1/s1. The maximum Gasteiger partial charge on any atom is 0.296 e. The van der Waals surface area contributed by atoms with Crippen molar-refractivity contribution in [1.82, 2.24) is 0 Å². The minimum Gasteiger partial charge on any atom is -0.396 e. The second-order valence-electron chi connectivity index (χ2n) is 9.00. The first-order valence-corrected chi connectivity index (χ1v) is 11.2. The first-order chi connectivity index (χ1) is 12.9. The number of fused-ring (bicyclic) bond motifs is 1. The van der Waals surface area contributed by atoms with Gasteiger partial charge in [-0.05, 0) is 49.4 Å². The molecule has 0 bridgehead atoms. The number of ketones is 1. The summed E-state index contributed by atoms with van der Waals surface area (Å²) in [6.07, 6.45) is 4.30. The monoisotopic (exact) mass is 414 g/mol. The molecule has 1 aliphatic heterocycles. The number of aliphatic hydroxyl groups is 2. The van der Waals surface area contributed by atoms with Gasteiger partial charge in [0.15, 0.2) is 5.78 Å². The quantitative estimate of drug-likeness (QED) is 0.365. The Balaban J connectivity index is 1.93. The van der Waals surface area contributed by atoms with Crippen LogP contribution in [0.15, 0.2) is 23.8 Å². The van der Waals surface area contributed by atoms with Crippen LogP contribution < -0.4 is 0 Å². The minimum absolute atomic E-state index is 0.0208. The largest absolute Gasteiger partial charge is 0.396 e. The van der Waals surface area contributed by atoms with Gasteiger partial charge in [0, 0.05) is 11.0 Å². The van der Waals surface area contributed by atoms with Crippen molar-refractivity contribution in [2.45, 2.75) is 57.5 Å². The van der Waals surface area contributed by atoms with Crippen LogP contribution in [-0.4, -0.2) is 53.7 Å². The molecule has 0 aromatic carbocycles. The van der Waals surface area contributed by atoms with E-state index in [-0.39, 0.29) is 36.0 Å². The Bertz CT molecular complexity index is 801. The van der Waals surface area contributed by atoms with Gasteiger partial charge in [-0.15, -0.1) is 0 Å². The molecule has 158 valence electrons. The van der Waals surface area contributed by atoms with E-state index in [0.29, 0.717) is 12.8 Å². The Morgan fingerprint density at radius 2 is 2.00 bits per heavy atom. The van der Waals surface area contributed by atoms with Crippen molar-refractivity contribution in [3.05, 3.63) is 23.8 Å². The molecule has 2 aliphatic carbocycles. The van der Waals surface area contributed by atoms with Crippen LogP contribution in [0.3, 0.4) is 0 Å². The summed E-state index contributed by atoms with van der Waals surface area (Å²) in [6.45, 7) is 7.81. The SMILES string of the molecule is C=C1CCC2[C@@](C)(CC[C@@H](O)[C@@]2(C)CO)C1C/C=C1\C(=O)COC1S(=O)(=O)O. The van der Waals surface area contributed by atoms with E-state index in [1.54, 1.807) is 6.08 Å². The van der Waals surface area contributed by atoms with Crippen LogP contribution in [0.5, 0.6) is 0 Å². The predicted octanol–water partition coefficient (Wildman–Crippen LogP) is 1.86. The number of carbonyl (C=O) groups is 1. The third-order valence-electron chi connectivity index (χ3n) is 7.48. The molecule has 28 heavy (non-hydrogen) atoms. The van der Waals surface area contributed by atoms with Gasteiger partial charge in [0.1, 0.15) is 6.61 Å². The lowest BCUT2D eigenvalue weighted by Gasteiger charge is -2.59. The molecule has 3 unspecified atom stereocenters. The van der Waals surface area contributed by atoms with Crippen LogP contribution in [-0.2, 0) is 19.6 Å². The third kappa shape index (κ3) is 3.39. The molecule has 0 aromatic rings. The van der Waals surface area contributed by atoms with Crippen molar-refractivity contribution in [3.63, 3.8) is 0 Å². The molecule has 2 saturated carbocycles. The summed E-state index contributed by atoms with van der Waals surface area (Å²) >= 11 is 0. The maximum atomic E-state index is 12.1. The van der Waals surface area contributed by atoms with E-state index in [9.17, 15) is 28.0 Å². The van der Waals surface area contributed by atoms with Gasteiger partial charge in [0.2, 0.25) is 5.44 Å². The Kier molecular flexibility index (Phi) is 5.66. The number of Topliss-reactive ketones (excluding diaryl/α,β-unsaturated/α-hetero) is 1. The molecule has 6 atom stereocenters. The first kappa shape index (κ1) is 21.6. The lowest BCUT2D eigenvalue weighted by Crippen LogP contribution is -2.57. The number of carbonyl (C=O) groups excluding carboxylic acids is 1. The number of rotatable bonds is 4. The van der Waals surface area contributed by atoms with E-state index in [1.165, 1.54) is 0 Å². The Hall–Kier alpha value is -1.06. The fourth-order valence-electron chi connectivity index (χ4n) is 5.79. The van der Waals surface area contributed by atoms with Crippen molar-refractivity contribution < 1.29 is 32.7 Å². The topological polar surface area (TPSA) is 121 Å². The molecule has 3 rings (SSSR count). The van der Waals surface area contributed by atoms with E-state index in [1.807, 2.05) is 6.92 Å². The van der Waals surface area contributed by atoms with E-state index in [0.717, 1.165) is 24.8 Å². The van der Waals surface area contributed by atoms with E-state index < -0.39 is 32.9 Å². The molecule has 7 nitrogen and oxygen atoms in total. The average molecular weight is 415 g/mol. The molecule has 3 fully saturated rings. The molecule has 3 aliphatic rings. The van der Waals surface area contributed by atoms with Gasteiger partial charge in [-0.1, -0.05) is 32.1 Å². The van der Waals surface area contributed by atoms with Crippen molar-refractivity contribution in [1.29, 1.82) is 0 Å². The lowest BCUT2D eigenvalue weighted by atomic mass is 9.46. The number of allylic oxidation sites excluding steroid dienone is 2. The number of aliphatic hydroxyl groups excluding tert-OH is 2. The average Bonchev–Trinajstić information content (AvgIpc) is 2.99. The van der Waals surface area contributed by atoms with Crippen LogP contribution in [0.4, 0.5) is 0 Å². The van der Waals surface area contributed by atoms with Crippen molar-refractivity contribution in [2.24, 2.45) is 22.7 Å². The van der Waals surface area contributed by atoms with Crippen LogP contribution in [0.1, 0.15) is 46.0 Å². The Morgan fingerprint density at radius 1 is 1.32 bits per heavy atom. The number of hydrogen-bond donors (Lipinski definition) is 3. The highest BCUT2D eigenvalue weighted by atomic mass is 32.2. The summed E-state index contributed by atoms with van der Waals surface area (Å²) in [7, 11) is -4.52. The van der Waals surface area contributed by atoms with Gasteiger partial charge in [0.25, 0.3) is 10.1 Å². The van der Waals surface area contributed by atoms with Crippen molar-refractivity contribution in [2.75, 3.05) is 13.2 Å². The van der Waals surface area contributed by atoms with Crippen molar-refractivity contribution in [3.8, 4) is 0 Å². The van der Waals surface area contributed by atoms with E-state index in [2.05, 4.69) is 13.5 Å². The van der Waals surface area contributed by atoms with Crippen LogP contribution >= 0.6 is 0 Å². The van der Waals surface area contributed by atoms with Gasteiger partial charge >= 0.3 is 0 Å². The highest BCUT2D eigenvalue weighted by Gasteiger charge is 2.57. The Morgan fingerprint density at radius 3 is 2.61 bits per heavy atom. The molecule has 0 aromatic heterocycles. The highest BCUT2D eigenvalue weighted by molar-refractivity contribution is 7.86. The molecular weight excluding hydrogens is 384 g/mol. The zero-order valence-electron chi connectivity index (χ0n) is 16.4. The minimum atomic E-state index is -4.52. The van der Waals surface area contributed by atoms with E-state index >= 15 is 0 Å². The smallest absolute Gasteiger partial charge is 0.296 e. The second-order valence-corrected chi connectivity index (χ2v) is 10.5. The third-order valence-corrected chi connectivity index (χ3v) is 8.41. The normalized spacial score (nSPS) is 43.4.